The summed E-state index contributed by atoms with van der Waals surface area (Å²) in [6, 6.07) is 2.05. The molecule has 0 amide bonds. The summed E-state index contributed by atoms with van der Waals surface area (Å²) >= 11 is 0. The first kappa shape index (κ1) is 10.6. The number of nitrogens with one attached hydrogen (secondary N) is 2. The Morgan fingerprint density at radius 3 is 3.00 bits per heavy atom. The smallest absolute Gasteiger partial charge is 0.138 e. The van der Waals surface area contributed by atoms with Gasteiger partial charge in [-0.3, -0.25) is 5.10 Å². The minimum absolute atomic E-state index is 0.746. The van der Waals surface area contributed by atoms with Crippen molar-refractivity contribution in [1.82, 2.24) is 20.2 Å². The SMILES string of the molecule is c1nc2[nH]cc(-c3cn[nH]c3)c2cc1OCC1CC1. The third kappa shape index (κ3) is 1.97. The Balaban J connectivity index is 1.71. The van der Waals surface area contributed by atoms with Crippen LogP contribution in [0.4, 0.5) is 0 Å². The van der Waals surface area contributed by atoms with Crippen molar-refractivity contribution in [1.29, 1.82) is 0 Å². The zero-order chi connectivity index (χ0) is 12.7. The van der Waals surface area contributed by atoms with Gasteiger partial charge in [-0.25, -0.2) is 4.98 Å². The van der Waals surface area contributed by atoms with Gasteiger partial charge in [0.25, 0.3) is 0 Å². The molecule has 0 spiro atoms. The molecule has 0 aliphatic heterocycles. The fraction of sp³-hybridized carbons (Fsp3) is 0.286. The largest absolute Gasteiger partial charge is 0.492 e. The molecule has 3 aromatic heterocycles. The Bertz CT molecular complexity index is 697. The third-order valence-corrected chi connectivity index (χ3v) is 3.50. The second-order valence-corrected chi connectivity index (χ2v) is 5.01. The van der Waals surface area contributed by atoms with Crippen molar-refractivity contribution in [2.45, 2.75) is 12.8 Å². The lowest BCUT2D eigenvalue weighted by Gasteiger charge is -2.04. The number of ether oxygens (including phenoxy) is 1. The highest BCUT2D eigenvalue weighted by Gasteiger charge is 2.22. The predicted octanol–water partition coefficient (Wildman–Crippen LogP) is 2.74. The Morgan fingerprint density at radius 2 is 2.21 bits per heavy atom. The number of H-pyrrole nitrogens is 2. The number of aromatic nitrogens is 4. The average molecular weight is 254 g/mol. The Labute approximate surface area is 110 Å². The van der Waals surface area contributed by atoms with Gasteiger partial charge in [0.1, 0.15) is 11.4 Å². The standard InChI is InChI=1S/C14H14N4O/c1-2-9(1)8-19-11-3-12-13(10-4-17-18-5-10)7-16-14(12)15-6-11/h3-7,9H,1-2,8H2,(H,15,16)(H,17,18). The normalized spacial score (nSPS) is 14.9. The van der Waals surface area contributed by atoms with E-state index in [1.807, 2.05) is 18.5 Å². The van der Waals surface area contributed by atoms with Crippen molar-refractivity contribution in [3.05, 3.63) is 30.9 Å². The van der Waals surface area contributed by atoms with Gasteiger partial charge in [0.15, 0.2) is 0 Å². The van der Waals surface area contributed by atoms with Crippen LogP contribution in [0, 0.1) is 5.92 Å². The minimum Gasteiger partial charge on any atom is -0.492 e. The summed E-state index contributed by atoms with van der Waals surface area (Å²) in [5, 5.41) is 7.88. The van der Waals surface area contributed by atoms with Crippen molar-refractivity contribution in [2.75, 3.05) is 6.61 Å². The summed E-state index contributed by atoms with van der Waals surface area (Å²) in [5.41, 5.74) is 3.01. The molecular formula is C14H14N4O. The van der Waals surface area contributed by atoms with E-state index < -0.39 is 0 Å². The molecule has 2 N–H and O–H groups in total. The zero-order valence-corrected chi connectivity index (χ0v) is 10.4. The molecule has 0 aromatic carbocycles. The van der Waals surface area contributed by atoms with Crippen LogP contribution in [0.3, 0.4) is 0 Å². The molecule has 19 heavy (non-hydrogen) atoms. The molecular weight excluding hydrogens is 240 g/mol. The Hall–Kier alpha value is -2.30. The number of fused-ring (bicyclic) bond motifs is 1. The summed E-state index contributed by atoms with van der Waals surface area (Å²) < 4.78 is 5.78. The Morgan fingerprint density at radius 1 is 1.26 bits per heavy atom. The highest BCUT2D eigenvalue weighted by molar-refractivity contribution is 5.93. The second-order valence-electron chi connectivity index (χ2n) is 5.01. The molecule has 3 heterocycles. The molecule has 5 nitrogen and oxygen atoms in total. The monoisotopic (exact) mass is 254 g/mol. The predicted molar refractivity (Wildman–Crippen MR) is 71.9 cm³/mol. The number of pyridine rings is 1. The molecule has 4 rings (SSSR count). The van der Waals surface area contributed by atoms with Crippen LogP contribution >= 0.6 is 0 Å². The van der Waals surface area contributed by atoms with E-state index in [1.165, 1.54) is 12.8 Å². The molecule has 1 fully saturated rings. The van der Waals surface area contributed by atoms with E-state index in [0.29, 0.717) is 0 Å². The topological polar surface area (TPSA) is 66.6 Å². The quantitative estimate of drug-likeness (QED) is 0.752. The molecule has 1 aliphatic carbocycles. The first-order chi connectivity index (χ1) is 9.40. The lowest BCUT2D eigenvalue weighted by atomic mass is 10.1. The lowest BCUT2D eigenvalue weighted by Crippen LogP contribution is -1.99. The molecule has 3 aromatic rings. The molecule has 5 heteroatoms. The van der Waals surface area contributed by atoms with Gasteiger partial charge < -0.3 is 9.72 Å². The van der Waals surface area contributed by atoms with E-state index in [1.54, 1.807) is 12.4 Å². The van der Waals surface area contributed by atoms with E-state index >= 15 is 0 Å². The number of rotatable bonds is 4. The van der Waals surface area contributed by atoms with E-state index in [-0.39, 0.29) is 0 Å². The summed E-state index contributed by atoms with van der Waals surface area (Å²) in [6.07, 6.45) is 9.99. The maximum absolute atomic E-state index is 5.78. The van der Waals surface area contributed by atoms with Gasteiger partial charge in [0.05, 0.1) is 19.0 Å². The summed E-state index contributed by atoms with van der Waals surface area (Å²) in [6.45, 7) is 0.804. The molecule has 1 saturated carbocycles. The molecule has 0 unspecified atom stereocenters. The van der Waals surface area contributed by atoms with E-state index in [0.717, 1.165) is 40.4 Å². The molecule has 0 radical (unpaired) electrons. The molecule has 1 aliphatic rings. The van der Waals surface area contributed by atoms with Crippen LogP contribution < -0.4 is 4.74 Å². The highest BCUT2D eigenvalue weighted by Crippen LogP contribution is 2.32. The fourth-order valence-electron chi connectivity index (χ4n) is 2.20. The summed E-state index contributed by atoms with van der Waals surface area (Å²) in [7, 11) is 0. The molecule has 0 atom stereocenters. The van der Waals surface area contributed by atoms with Crippen molar-refractivity contribution in [2.24, 2.45) is 5.92 Å². The third-order valence-electron chi connectivity index (χ3n) is 3.50. The van der Waals surface area contributed by atoms with Crippen molar-refractivity contribution in [3.8, 4) is 16.9 Å². The first-order valence-electron chi connectivity index (χ1n) is 6.49. The van der Waals surface area contributed by atoms with Gasteiger partial charge in [-0.15, -0.1) is 0 Å². The van der Waals surface area contributed by atoms with E-state index in [4.69, 9.17) is 4.74 Å². The van der Waals surface area contributed by atoms with Crippen LogP contribution in [0.15, 0.2) is 30.9 Å². The van der Waals surface area contributed by atoms with Gasteiger partial charge >= 0.3 is 0 Å². The zero-order valence-electron chi connectivity index (χ0n) is 10.4. The van der Waals surface area contributed by atoms with Crippen LogP contribution in [0.2, 0.25) is 0 Å². The van der Waals surface area contributed by atoms with Crippen molar-refractivity contribution >= 4 is 11.0 Å². The van der Waals surface area contributed by atoms with Gasteiger partial charge in [-0.05, 0) is 24.8 Å². The summed E-state index contributed by atoms with van der Waals surface area (Å²) in [5.74, 6) is 1.58. The van der Waals surface area contributed by atoms with Crippen LogP contribution in [0.1, 0.15) is 12.8 Å². The van der Waals surface area contributed by atoms with E-state index in [9.17, 15) is 0 Å². The summed E-state index contributed by atoms with van der Waals surface area (Å²) in [4.78, 5) is 7.57. The van der Waals surface area contributed by atoms with Crippen LogP contribution in [0.25, 0.3) is 22.2 Å². The van der Waals surface area contributed by atoms with Gasteiger partial charge in [0.2, 0.25) is 0 Å². The lowest BCUT2D eigenvalue weighted by molar-refractivity contribution is 0.299. The van der Waals surface area contributed by atoms with Crippen molar-refractivity contribution < 1.29 is 4.74 Å². The molecule has 0 saturated heterocycles. The highest BCUT2D eigenvalue weighted by atomic mass is 16.5. The second kappa shape index (κ2) is 4.12. The molecule has 0 bridgehead atoms. The number of hydrogen-bond donors (Lipinski definition) is 2. The van der Waals surface area contributed by atoms with Gasteiger partial charge in [0, 0.05) is 28.9 Å². The van der Waals surface area contributed by atoms with E-state index in [2.05, 4.69) is 20.2 Å². The number of aromatic amines is 2. The maximum Gasteiger partial charge on any atom is 0.138 e. The van der Waals surface area contributed by atoms with Gasteiger partial charge in [-0.1, -0.05) is 0 Å². The minimum atomic E-state index is 0.746. The number of nitrogens with zero attached hydrogens (tertiary/aromatic N) is 2. The maximum atomic E-state index is 5.78. The molecule has 96 valence electrons. The average Bonchev–Trinajstić information content (AvgIpc) is 2.94. The van der Waals surface area contributed by atoms with Gasteiger partial charge in [-0.2, -0.15) is 5.10 Å². The van der Waals surface area contributed by atoms with Crippen molar-refractivity contribution in [3.63, 3.8) is 0 Å². The first-order valence-corrected chi connectivity index (χ1v) is 6.49. The van der Waals surface area contributed by atoms with Crippen LogP contribution in [0.5, 0.6) is 5.75 Å². The fourth-order valence-corrected chi connectivity index (χ4v) is 2.20. The number of hydrogen-bond acceptors (Lipinski definition) is 3. The van der Waals surface area contributed by atoms with Crippen LogP contribution in [-0.4, -0.2) is 26.8 Å². The Kier molecular flexibility index (Phi) is 2.30. The van der Waals surface area contributed by atoms with Crippen LogP contribution in [-0.2, 0) is 0 Å².